The molecule has 0 spiro atoms. The zero-order valence-electron chi connectivity index (χ0n) is 15.1. The summed E-state index contributed by atoms with van der Waals surface area (Å²) < 4.78 is 0. The molecule has 0 amide bonds. The van der Waals surface area contributed by atoms with Crippen molar-refractivity contribution in [1.82, 2.24) is 0 Å². The number of hydrogen-bond donors (Lipinski definition) is 1. The van der Waals surface area contributed by atoms with Gasteiger partial charge in [-0.15, -0.1) is 0 Å². The van der Waals surface area contributed by atoms with Crippen LogP contribution in [0.5, 0.6) is 0 Å². The van der Waals surface area contributed by atoms with Crippen LogP contribution in [0.4, 0.5) is 11.4 Å². The van der Waals surface area contributed by atoms with E-state index >= 15 is 0 Å². The molecule has 0 bridgehead atoms. The second-order valence-corrected chi connectivity index (χ2v) is 6.70. The van der Waals surface area contributed by atoms with Crippen molar-refractivity contribution in [2.24, 2.45) is 4.99 Å². The Morgan fingerprint density at radius 1 is 0.833 bits per heavy atom. The number of anilines is 1. The predicted molar refractivity (Wildman–Crippen MR) is 104 cm³/mol. The highest BCUT2D eigenvalue weighted by Crippen LogP contribution is 2.28. The van der Waals surface area contributed by atoms with Crippen molar-refractivity contribution in [3.05, 3.63) is 70.4 Å². The van der Waals surface area contributed by atoms with Gasteiger partial charge in [0.2, 0.25) is 0 Å². The van der Waals surface area contributed by atoms with Crippen LogP contribution in [0.25, 0.3) is 0 Å². The summed E-state index contributed by atoms with van der Waals surface area (Å²) in [5, 5.41) is 3.66. The van der Waals surface area contributed by atoms with Crippen LogP contribution < -0.4 is 5.32 Å². The van der Waals surface area contributed by atoms with Crippen LogP contribution in [0.15, 0.2) is 53.2 Å². The van der Waals surface area contributed by atoms with Crippen molar-refractivity contribution >= 4 is 17.1 Å². The molecule has 2 aromatic carbocycles. The number of aryl methyl sites for hydroxylation is 4. The number of nitrogens with zero attached hydrogens (tertiary/aromatic N) is 1. The lowest BCUT2D eigenvalue weighted by molar-refractivity contribution is 0.867. The largest absolute Gasteiger partial charge is 0.354 e. The third kappa shape index (κ3) is 3.43. The fourth-order valence-electron chi connectivity index (χ4n) is 3.27. The molecule has 0 fully saturated rings. The Morgan fingerprint density at radius 2 is 1.42 bits per heavy atom. The van der Waals surface area contributed by atoms with E-state index in [4.69, 9.17) is 4.99 Å². The highest BCUT2D eigenvalue weighted by atomic mass is 14.9. The van der Waals surface area contributed by atoms with Gasteiger partial charge in [-0.05, 0) is 69.2 Å². The van der Waals surface area contributed by atoms with Crippen LogP contribution in [0.1, 0.15) is 41.5 Å². The topological polar surface area (TPSA) is 24.4 Å². The molecule has 2 aromatic rings. The van der Waals surface area contributed by atoms with Crippen molar-refractivity contribution in [3.8, 4) is 0 Å². The molecule has 124 valence electrons. The predicted octanol–water partition coefficient (Wildman–Crippen LogP) is 6.17. The first-order chi connectivity index (χ1) is 11.6. The molecule has 0 unspecified atom stereocenters. The molecule has 2 heteroatoms. The van der Waals surface area contributed by atoms with E-state index in [9.17, 15) is 0 Å². The van der Waals surface area contributed by atoms with Crippen molar-refractivity contribution in [2.45, 2.75) is 47.0 Å². The third-order valence-corrected chi connectivity index (χ3v) is 4.70. The van der Waals surface area contributed by atoms with Gasteiger partial charge < -0.3 is 5.32 Å². The fourth-order valence-corrected chi connectivity index (χ4v) is 3.27. The molecular formula is C22H26N2. The molecule has 0 atom stereocenters. The summed E-state index contributed by atoms with van der Waals surface area (Å²) in [5.41, 5.74) is 9.67. The van der Waals surface area contributed by atoms with Crippen molar-refractivity contribution in [1.29, 1.82) is 0 Å². The Hall–Kier alpha value is -2.35. The van der Waals surface area contributed by atoms with Crippen molar-refractivity contribution in [2.75, 3.05) is 5.32 Å². The number of rotatable bonds is 3. The van der Waals surface area contributed by atoms with E-state index in [-0.39, 0.29) is 0 Å². The van der Waals surface area contributed by atoms with Crippen LogP contribution in [-0.2, 0) is 0 Å². The number of hydrogen-bond acceptors (Lipinski definition) is 2. The van der Waals surface area contributed by atoms with Gasteiger partial charge in [-0.1, -0.05) is 42.5 Å². The van der Waals surface area contributed by atoms with Gasteiger partial charge in [-0.2, -0.15) is 0 Å². The van der Waals surface area contributed by atoms with Crippen molar-refractivity contribution < 1.29 is 0 Å². The first-order valence-corrected chi connectivity index (χ1v) is 8.74. The summed E-state index contributed by atoms with van der Waals surface area (Å²) in [4.78, 5) is 5.04. The second kappa shape index (κ2) is 7.04. The molecule has 1 aliphatic carbocycles. The number of allylic oxidation sites excluding steroid dienone is 2. The summed E-state index contributed by atoms with van der Waals surface area (Å²) >= 11 is 0. The van der Waals surface area contributed by atoms with Crippen LogP contribution >= 0.6 is 0 Å². The normalized spacial score (nSPS) is 16.2. The first kappa shape index (κ1) is 16.5. The monoisotopic (exact) mass is 318 g/mol. The molecule has 0 aliphatic heterocycles. The maximum atomic E-state index is 5.04. The van der Waals surface area contributed by atoms with Gasteiger partial charge in [0.1, 0.15) is 0 Å². The average molecular weight is 318 g/mol. The number of aliphatic imine (C=N–C) groups is 1. The van der Waals surface area contributed by atoms with E-state index in [1.807, 2.05) is 0 Å². The van der Waals surface area contributed by atoms with E-state index in [1.54, 1.807) is 0 Å². The molecule has 0 saturated heterocycles. The molecule has 1 aliphatic rings. The van der Waals surface area contributed by atoms with Crippen LogP contribution in [0.3, 0.4) is 0 Å². The maximum Gasteiger partial charge on any atom is 0.0692 e. The molecule has 3 rings (SSSR count). The van der Waals surface area contributed by atoms with E-state index in [2.05, 4.69) is 75.5 Å². The van der Waals surface area contributed by atoms with Crippen LogP contribution in [0.2, 0.25) is 0 Å². The molecule has 0 aromatic heterocycles. The molecular weight excluding hydrogens is 292 g/mol. The first-order valence-electron chi connectivity index (χ1n) is 8.74. The average Bonchev–Trinajstić information content (AvgIpc) is 2.56. The smallest absolute Gasteiger partial charge is 0.0692 e. The third-order valence-electron chi connectivity index (χ3n) is 4.70. The minimum atomic E-state index is 1.03. The lowest BCUT2D eigenvalue weighted by Crippen LogP contribution is -2.16. The number of nitrogens with one attached hydrogen (secondary N) is 1. The van der Waals surface area contributed by atoms with Gasteiger partial charge in [-0.25, -0.2) is 0 Å². The van der Waals surface area contributed by atoms with E-state index in [0.29, 0.717) is 0 Å². The van der Waals surface area contributed by atoms with Gasteiger partial charge in [0, 0.05) is 5.69 Å². The van der Waals surface area contributed by atoms with Gasteiger partial charge in [0.05, 0.1) is 17.1 Å². The number of para-hydroxylation sites is 2. The summed E-state index contributed by atoms with van der Waals surface area (Å²) in [6.07, 6.45) is 5.60. The Labute approximate surface area is 145 Å². The SMILES string of the molecule is Cc1cccc(C)c1N=C1CCCC=C1Nc1c(C)cccc1C. The quantitative estimate of drug-likeness (QED) is 0.718. The lowest BCUT2D eigenvalue weighted by Gasteiger charge is -2.21. The van der Waals surface area contributed by atoms with E-state index in [1.165, 1.54) is 45.8 Å². The fraction of sp³-hybridized carbons (Fsp3) is 0.318. The highest BCUT2D eigenvalue weighted by Gasteiger charge is 2.15. The van der Waals surface area contributed by atoms with Crippen LogP contribution in [-0.4, -0.2) is 5.71 Å². The van der Waals surface area contributed by atoms with Gasteiger partial charge in [0.25, 0.3) is 0 Å². The van der Waals surface area contributed by atoms with Crippen molar-refractivity contribution in [3.63, 3.8) is 0 Å². The minimum absolute atomic E-state index is 1.03. The Bertz CT molecular complexity index is 772. The Kier molecular flexibility index (Phi) is 4.84. The van der Waals surface area contributed by atoms with Gasteiger partial charge in [0.15, 0.2) is 0 Å². The molecule has 2 nitrogen and oxygen atoms in total. The molecule has 0 radical (unpaired) electrons. The Balaban J connectivity index is 1.98. The standard InChI is InChI=1S/C22H26N2/c1-15-9-7-10-16(2)21(15)23-19-13-5-6-14-20(19)24-22-17(3)11-8-12-18(22)4/h7-13,23H,5-6,14H2,1-4H3. The van der Waals surface area contributed by atoms with Gasteiger partial charge >= 0.3 is 0 Å². The van der Waals surface area contributed by atoms with E-state index < -0.39 is 0 Å². The number of benzene rings is 2. The zero-order chi connectivity index (χ0) is 17.1. The van der Waals surface area contributed by atoms with E-state index in [0.717, 1.165) is 18.5 Å². The van der Waals surface area contributed by atoms with Crippen LogP contribution in [0, 0.1) is 27.7 Å². The lowest BCUT2D eigenvalue weighted by atomic mass is 10.00. The molecule has 24 heavy (non-hydrogen) atoms. The second-order valence-electron chi connectivity index (χ2n) is 6.70. The molecule has 0 saturated carbocycles. The molecule has 0 heterocycles. The highest BCUT2D eigenvalue weighted by molar-refractivity contribution is 6.05. The summed E-state index contributed by atoms with van der Waals surface area (Å²) in [7, 11) is 0. The molecule has 1 N–H and O–H groups in total. The minimum Gasteiger partial charge on any atom is -0.354 e. The zero-order valence-corrected chi connectivity index (χ0v) is 15.1. The summed E-state index contributed by atoms with van der Waals surface area (Å²) in [6.45, 7) is 8.58. The van der Waals surface area contributed by atoms with Gasteiger partial charge in [-0.3, -0.25) is 4.99 Å². The maximum absolute atomic E-state index is 5.04. The Morgan fingerprint density at radius 3 is 2.04 bits per heavy atom. The summed E-state index contributed by atoms with van der Waals surface area (Å²) in [5.74, 6) is 0. The summed E-state index contributed by atoms with van der Waals surface area (Å²) in [6, 6.07) is 12.8.